The molecule has 0 aliphatic carbocycles. The summed E-state index contributed by atoms with van der Waals surface area (Å²) >= 11 is 4.64. The van der Waals surface area contributed by atoms with E-state index in [4.69, 9.17) is 4.42 Å². The van der Waals surface area contributed by atoms with Gasteiger partial charge in [-0.2, -0.15) is 0 Å². The molecule has 7 heteroatoms. The molecular weight excluding hydrogens is 414 g/mol. The molecule has 0 spiro atoms. The Morgan fingerprint density at radius 2 is 1.77 bits per heavy atom. The van der Waals surface area contributed by atoms with Gasteiger partial charge >= 0.3 is 0 Å². The predicted octanol–water partition coefficient (Wildman–Crippen LogP) is 4.86. The zero-order chi connectivity index (χ0) is 18.5. The molecule has 2 unspecified atom stereocenters. The number of hydrogen-bond donors (Lipinski definition) is 1. The van der Waals surface area contributed by atoms with Crippen LogP contribution in [0.4, 0.5) is 0 Å². The van der Waals surface area contributed by atoms with Crippen molar-refractivity contribution in [3.63, 3.8) is 0 Å². The van der Waals surface area contributed by atoms with Crippen LogP contribution in [0.1, 0.15) is 25.5 Å². The molecule has 2 atom stereocenters. The van der Waals surface area contributed by atoms with E-state index >= 15 is 0 Å². The SMILES string of the molecule is CC(Sc1nnc(-c2ccc(Br)cc2)o1)C(=O)NC(C)c1ccccc1. The van der Waals surface area contributed by atoms with E-state index in [1.807, 2.05) is 68.4 Å². The molecule has 0 saturated heterocycles. The van der Waals surface area contributed by atoms with Crippen LogP contribution in [0.25, 0.3) is 11.5 Å². The number of benzene rings is 2. The first-order valence-electron chi connectivity index (χ1n) is 8.14. The largest absolute Gasteiger partial charge is 0.411 e. The van der Waals surface area contributed by atoms with E-state index in [1.54, 1.807) is 0 Å². The fourth-order valence-corrected chi connectivity index (χ4v) is 3.28. The van der Waals surface area contributed by atoms with Crippen molar-refractivity contribution in [3.05, 3.63) is 64.6 Å². The zero-order valence-corrected chi connectivity index (χ0v) is 16.8. The van der Waals surface area contributed by atoms with Crippen molar-refractivity contribution in [1.82, 2.24) is 15.5 Å². The molecule has 0 aliphatic heterocycles. The van der Waals surface area contributed by atoms with Crippen LogP contribution in [-0.2, 0) is 4.79 Å². The normalized spacial score (nSPS) is 13.2. The molecule has 1 N–H and O–H groups in total. The van der Waals surface area contributed by atoms with E-state index in [-0.39, 0.29) is 17.2 Å². The number of carbonyl (C=O) groups excluding carboxylic acids is 1. The number of aromatic nitrogens is 2. The molecule has 0 aliphatic rings. The standard InChI is InChI=1S/C19H18BrN3O2S/c1-12(14-6-4-3-5-7-14)21-17(24)13(2)26-19-23-22-18(25-19)15-8-10-16(20)11-9-15/h3-13H,1-2H3,(H,21,24). The first-order valence-corrected chi connectivity index (χ1v) is 9.81. The van der Waals surface area contributed by atoms with Crippen LogP contribution in [-0.4, -0.2) is 21.4 Å². The van der Waals surface area contributed by atoms with Gasteiger partial charge in [0.2, 0.25) is 11.8 Å². The Balaban J connectivity index is 1.60. The fourth-order valence-electron chi connectivity index (χ4n) is 2.33. The Morgan fingerprint density at radius 1 is 1.08 bits per heavy atom. The molecule has 0 saturated carbocycles. The summed E-state index contributed by atoms with van der Waals surface area (Å²) in [6.45, 7) is 3.78. The predicted molar refractivity (Wildman–Crippen MR) is 106 cm³/mol. The van der Waals surface area contributed by atoms with Gasteiger partial charge in [0.25, 0.3) is 5.22 Å². The molecule has 2 aromatic carbocycles. The van der Waals surface area contributed by atoms with Gasteiger partial charge in [-0.15, -0.1) is 10.2 Å². The molecule has 1 amide bonds. The van der Waals surface area contributed by atoms with Gasteiger partial charge in [0.05, 0.1) is 11.3 Å². The average molecular weight is 432 g/mol. The van der Waals surface area contributed by atoms with Gasteiger partial charge in [-0.05, 0) is 43.7 Å². The fraction of sp³-hybridized carbons (Fsp3) is 0.211. The summed E-state index contributed by atoms with van der Waals surface area (Å²) in [5, 5.41) is 11.1. The minimum absolute atomic E-state index is 0.0623. The molecule has 1 aromatic heterocycles. The monoisotopic (exact) mass is 431 g/mol. The first kappa shape index (κ1) is 18.7. The van der Waals surface area contributed by atoms with Crippen LogP contribution in [0.5, 0.6) is 0 Å². The average Bonchev–Trinajstić information content (AvgIpc) is 3.11. The molecule has 1 heterocycles. The first-order chi connectivity index (χ1) is 12.5. The van der Waals surface area contributed by atoms with Gasteiger partial charge in [0.1, 0.15) is 0 Å². The molecule has 0 radical (unpaired) electrons. The molecule has 0 bridgehead atoms. The third kappa shape index (κ3) is 4.74. The Labute approximate surface area is 164 Å². The molecular formula is C19H18BrN3O2S. The lowest BCUT2D eigenvalue weighted by Gasteiger charge is -2.16. The second-order valence-electron chi connectivity index (χ2n) is 5.78. The maximum Gasteiger partial charge on any atom is 0.277 e. The quantitative estimate of drug-likeness (QED) is 0.564. The highest BCUT2D eigenvalue weighted by atomic mass is 79.9. The Hall–Kier alpha value is -2.12. The lowest BCUT2D eigenvalue weighted by Crippen LogP contribution is -2.33. The van der Waals surface area contributed by atoms with E-state index < -0.39 is 0 Å². The van der Waals surface area contributed by atoms with Crippen molar-refractivity contribution in [1.29, 1.82) is 0 Å². The topological polar surface area (TPSA) is 68.0 Å². The van der Waals surface area contributed by atoms with E-state index in [1.165, 1.54) is 11.8 Å². The third-order valence-corrected chi connectivity index (χ3v) is 5.27. The van der Waals surface area contributed by atoms with Crippen molar-refractivity contribution in [3.8, 4) is 11.5 Å². The Bertz CT molecular complexity index is 868. The zero-order valence-electron chi connectivity index (χ0n) is 14.3. The molecule has 3 aromatic rings. The summed E-state index contributed by atoms with van der Waals surface area (Å²) in [5.74, 6) is 0.361. The highest BCUT2D eigenvalue weighted by Gasteiger charge is 2.20. The summed E-state index contributed by atoms with van der Waals surface area (Å²) in [5.41, 5.74) is 1.90. The van der Waals surface area contributed by atoms with Crippen LogP contribution in [0.3, 0.4) is 0 Å². The van der Waals surface area contributed by atoms with Crippen molar-refractivity contribution < 1.29 is 9.21 Å². The van der Waals surface area contributed by atoms with E-state index in [9.17, 15) is 4.79 Å². The minimum Gasteiger partial charge on any atom is -0.411 e. The van der Waals surface area contributed by atoms with Gasteiger partial charge in [0.15, 0.2) is 0 Å². The van der Waals surface area contributed by atoms with E-state index in [0.29, 0.717) is 11.1 Å². The second-order valence-corrected chi connectivity index (χ2v) is 7.99. The molecule has 0 fully saturated rings. The van der Waals surface area contributed by atoms with Crippen LogP contribution >= 0.6 is 27.7 Å². The van der Waals surface area contributed by atoms with Gasteiger partial charge in [0, 0.05) is 10.0 Å². The molecule has 3 rings (SSSR count). The van der Waals surface area contributed by atoms with E-state index in [2.05, 4.69) is 31.4 Å². The summed E-state index contributed by atoms with van der Waals surface area (Å²) in [4.78, 5) is 12.4. The number of amides is 1. The number of carbonyl (C=O) groups is 1. The smallest absolute Gasteiger partial charge is 0.277 e. The summed E-state index contributed by atoms with van der Waals surface area (Å²) in [7, 11) is 0. The maximum atomic E-state index is 12.4. The molecule has 5 nitrogen and oxygen atoms in total. The highest BCUT2D eigenvalue weighted by molar-refractivity contribution is 9.10. The number of thioether (sulfide) groups is 1. The number of rotatable bonds is 6. The van der Waals surface area contributed by atoms with Crippen LogP contribution < -0.4 is 5.32 Å². The third-order valence-electron chi connectivity index (χ3n) is 3.80. The summed E-state index contributed by atoms with van der Waals surface area (Å²) < 4.78 is 6.65. The molecule has 26 heavy (non-hydrogen) atoms. The lowest BCUT2D eigenvalue weighted by atomic mass is 10.1. The lowest BCUT2D eigenvalue weighted by molar-refractivity contribution is -0.120. The Morgan fingerprint density at radius 3 is 2.46 bits per heavy atom. The summed E-state index contributed by atoms with van der Waals surface area (Å²) in [6, 6.07) is 17.4. The van der Waals surface area contributed by atoms with Gasteiger partial charge in [-0.25, -0.2) is 0 Å². The highest BCUT2D eigenvalue weighted by Crippen LogP contribution is 2.27. The van der Waals surface area contributed by atoms with Crippen molar-refractivity contribution >= 4 is 33.6 Å². The van der Waals surface area contributed by atoms with Gasteiger partial charge in [-0.3, -0.25) is 4.79 Å². The summed E-state index contributed by atoms with van der Waals surface area (Å²) in [6.07, 6.45) is 0. The van der Waals surface area contributed by atoms with Gasteiger partial charge < -0.3 is 9.73 Å². The maximum absolute atomic E-state index is 12.4. The van der Waals surface area contributed by atoms with Crippen molar-refractivity contribution in [2.24, 2.45) is 0 Å². The van der Waals surface area contributed by atoms with Crippen LogP contribution in [0.15, 0.2) is 68.7 Å². The number of nitrogens with one attached hydrogen (secondary N) is 1. The van der Waals surface area contributed by atoms with Crippen molar-refractivity contribution in [2.45, 2.75) is 30.4 Å². The number of halogens is 1. The Kier molecular flexibility index (Phi) is 6.11. The molecule has 134 valence electrons. The minimum atomic E-state index is -0.348. The second kappa shape index (κ2) is 8.51. The van der Waals surface area contributed by atoms with E-state index in [0.717, 1.165) is 15.6 Å². The van der Waals surface area contributed by atoms with Crippen molar-refractivity contribution in [2.75, 3.05) is 0 Å². The van der Waals surface area contributed by atoms with Crippen LogP contribution in [0.2, 0.25) is 0 Å². The number of hydrogen-bond acceptors (Lipinski definition) is 5. The van der Waals surface area contributed by atoms with Crippen LogP contribution in [0, 0.1) is 0 Å². The van der Waals surface area contributed by atoms with Gasteiger partial charge in [-0.1, -0.05) is 58.0 Å². The number of nitrogens with zero attached hydrogens (tertiary/aromatic N) is 2.